The number of halogens is 1. The Morgan fingerprint density at radius 3 is 1.60 bits per heavy atom. The van der Waals surface area contributed by atoms with Gasteiger partial charge in [0.2, 0.25) is 0 Å². The van der Waals surface area contributed by atoms with E-state index in [1.54, 1.807) is 0 Å². The Bertz CT molecular complexity index is 51.2. The van der Waals surface area contributed by atoms with E-state index in [-0.39, 0.29) is 47.5 Å². The first kappa shape index (κ1) is 17.4. The summed E-state index contributed by atoms with van der Waals surface area (Å²) in [6.45, 7) is 4.00. The van der Waals surface area contributed by atoms with Gasteiger partial charge in [-0.05, 0) is 0 Å². The molecule has 0 nitrogen and oxygen atoms in total. The quantitative estimate of drug-likeness (QED) is 0.377. The molecule has 0 aromatic heterocycles. The molecule has 0 amide bonds. The predicted molar refractivity (Wildman–Crippen MR) is 44.1 cm³/mol. The molecule has 0 saturated heterocycles. The van der Waals surface area contributed by atoms with Gasteiger partial charge in [-0.25, -0.2) is 0 Å². The minimum absolute atomic E-state index is 0. The van der Waals surface area contributed by atoms with Crippen molar-refractivity contribution < 1.29 is 17.0 Å². The molecule has 1 saturated carbocycles. The van der Waals surface area contributed by atoms with E-state index in [0.29, 0.717) is 0 Å². The van der Waals surface area contributed by atoms with Gasteiger partial charge >= 0.3 is 23.1 Å². The van der Waals surface area contributed by atoms with Crippen molar-refractivity contribution in [3.63, 3.8) is 0 Å². The molecule has 0 radical (unpaired) electrons. The summed E-state index contributed by atoms with van der Waals surface area (Å²) in [5.74, 6) is 0.786. The van der Waals surface area contributed by atoms with E-state index in [0.717, 1.165) is 5.92 Å². The molecule has 1 aliphatic rings. The van der Waals surface area contributed by atoms with Crippen LogP contribution in [-0.4, -0.2) is 23.1 Å². The van der Waals surface area contributed by atoms with Crippen molar-refractivity contribution in [2.45, 2.75) is 32.1 Å². The fourth-order valence-corrected chi connectivity index (χ4v) is 1.19. The third-order valence-electron chi connectivity index (χ3n) is 1.72. The van der Waals surface area contributed by atoms with E-state index in [9.17, 15) is 0 Å². The van der Waals surface area contributed by atoms with Gasteiger partial charge in [0.15, 0.2) is 0 Å². The molecule has 10 heavy (non-hydrogen) atoms. The van der Waals surface area contributed by atoms with E-state index < -0.39 is 0 Å². The number of hydrogen-bond donors (Lipinski definition) is 0. The maximum atomic E-state index is 4.00. The molecule has 0 atom stereocenters. The summed E-state index contributed by atoms with van der Waals surface area (Å²) < 4.78 is 0. The van der Waals surface area contributed by atoms with Gasteiger partial charge in [0.25, 0.3) is 0 Å². The summed E-state index contributed by atoms with van der Waals surface area (Å²) in [4.78, 5) is 0. The summed E-state index contributed by atoms with van der Waals surface area (Å²) >= 11 is 0. The smallest absolute Gasteiger partial charge is 1.00 e. The second-order valence-electron chi connectivity index (χ2n) is 2.50. The zero-order valence-electron chi connectivity index (χ0n) is 6.91. The van der Waals surface area contributed by atoms with Gasteiger partial charge in [0, 0.05) is 0 Å². The van der Waals surface area contributed by atoms with Crippen LogP contribution in [0.3, 0.4) is 0 Å². The van der Waals surface area contributed by atoms with Crippen LogP contribution in [0, 0.1) is 20.3 Å². The number of hydrogen-bond acceptors (Lipinski definition) is 0. The minimum atomic E-state index is 0. The van der Waals surface area contributed by atoms with Crippen LogP contribution in [0.4, 0.5) is 0 Å². The molecule has 0 heterocycles. The first-order valence-corrected chi connectivity index (χ1v) is 3.22. The van der Waals surface area contributed by atoms with Crippen molar-refractivity contribution in [2.75, 3.05) is 0 Å². The van der Waals surface area contributed by atoms with Crippen LogP contribution in [-0.2, 0) is 0 Å². The molecular weight excluding hydrogens is 200 g/mol. The Balaban J connectivity index is -0.000000163. The van der Waals surface area contributed by atoms with Gasteiger partial charge < -0.3 is 31.3 Å². The Morgan fingerprint density at radius 1 is 1.00 bits per heavy atom. The number of rotatable bonds is 0. The topological polar surface area (TPSA) is 0 Å². The van der Waals surface area contributed by atoms with Gasteiger partial charge in [0.1, 0.15) is 0 Å². The van der Waals surface area contributed by atoms with E-state index in [1.807, 2.05) is 0 Å². The summed E-state index contributed by atoms with van der Waals surface area (Å²) in [5, 5.41) is 0. The van der Waals surface area contributed by atoms with Crippen LogP contribution in [0.5, 0.6) is 0 Å². The van der Waals surface area contributed by atoms with Crippen molar-refractivity contribution in [1.82, 2.24) is 0 Å². The van der Waals surface area contributed by atoms with E-state index in [1.165, 1.54) is 32.1 Å². The molecule has 58 valence electrons. The van der Waals surface area contributed by atoms with Crippen molar-refractivity contribution in [3.8, 4) is 0 Å². The van der Waals surface area contributed by atoms with Gasteiger partial charge in [-0.2, -0.15) is 5.92 Å². The first-order chi connectivity index (χ1) is 3.39. The van der Waals surface area contributed by atoms with Crippen LogP contribution < -0.4 is 17.0 Å². The van der Waals surface area contributed by atoms with Crippen LogP contribution >= 0.6 is 0 Å². The fourth-order valence-electron chi connectivity index (χ4n) is 1.19. The molecule has 0 N–H and O–H groups in total. The van der Waals surface area contributed by atoms with Crippen molar-refractivity contribution >= 4 is 23.1 Å². The van der Waals surface area contributed by atoms with Crippen molar-refractivity contribution in [3.05, 3.63) is 14.4 Å². The molecule has 0 unspecified atom stereocenters. The largest absolute Gasteiger partial charge is 2.00 e. The Morgan fingerprint density at radius 2 is 1.40 bits per heavy atom. The second-order valence-corrected chi connectivity index (χ2v) is 2.50. The summed E-state index contributed by atoms with van der Waals surface area (Å²) in [7, 11) is 0. The standard InChI is InChI=1S/C7H13.CH3.BrH.Mg/c1-7-5-3-2-4-6-7;;;/h7H,1-6H2;1H3;1H;/q2*-1;;+2/p-1. The summed E-state index contributed by atoms with van der Waals surface area (Å²) in [5.41, 5.74) is 0. The molecule has 0 aliphatic heterocycles. The summed E-state index contributed by atoms with van der Waals surface area (Å²) in [6, 6.07) is 0. The Labute approximate surface area is 92.1 Å². The maximum absolute atomic E-state index is 4.00. The third-order valence-corrected chi connectivity index (χ3v) is 1.72. The monoisotopic (exact) mass is 215 g/mol. The average molecular weight is 216 g/mol. The van der Waals surface area contributed by atoms with Crippen LogP contribution in [0.2, 0.25) is 0 Å². The fraction of sp³-hybridized carbons (Fsp3) is 0.750. The molecule has 2 heteroatoms. The first-order valence-electron chi connectivity index (χ1n) is 3.22. The van der Waals surface area contributed by atoms with E-state index >= 15 is 0 Å². The van der Waals surface area contributed by atoms with Crippen LogP contribution in [0.15, 0.2) is 0 Å². The zero-order valence-corrected chi connectivity index (χ0v) is 9.91. The predicted octanol–water partition coefficient (Wildman–Crippen LogP) is -0.526. The van der Waals surface area contributed by atoms with Crippen molar-refractivity contribution in [1.29, 1.82) is 0 Å². The van der Waals surface area contributed by atoms with Crippen LogP contribution in [0.1, 0.15) is 32.1 Å². The zero-order chi connectivity index (χ0) is 5.11. The second kappa shape index (κ2) is 10.2. The Hall–Kier alpha value is 1.25. The normalized spacial score (nSPS) is 17.7. The van der Waals surface area contributed by atoms with Gasteiger partial charge in [0.05, 0.1) is 0 Å². The van der Waals surface area contributed by atoms with E-state index in [2.05, 4.69) is 6.92 Å². The van der Waals surface area contributed by atoms with Gasteiger partial charge in [-0.15, -0.1) is 0 Å². The van der Waals surface area contributed by atoms with Gasteiger partial charge in [-0.1, -0.05) is 32.1 Å². The molecule has 0 aromatic carbocycles. The molecule has 0 spiro atoms. The molecule has 1 aliphatic carbocycles. The molecule has 0 aromatic rings. The summed E-state index contributed by atoms with van der Waals surface area (Å²) in [6.07, 6.45) is 7.05. The Kier molecular flexibility index (Phi) is 17.8. The maximum Gasteiger partial charge on any atom is 2.00 e. The van der Waals surface area contributed by atoms with Crippen LogP contribution in [0.25, 0.3) is 0 Å². The van der Waals surface area contributed by atoms with Crippen molar-refractivity contribution in [2.24, 2.45) is 5.92 Å². The molecular formula is C8H16BrMg-. The van der Waals surface area contributed by atoms with Gasteiger partial charge in [-0.3, -0.25) is 0 Å². The average Bonchev–Trinajstić information content (AvgIpc) is 1.69. The SMILES string of the molecule is [Br-].[CH2-]C1CCCCC1.[CH3-].[Mg+2]. The molecule has 0 bridgehead atoms. The molecule has 1 rings (SSSR count). The molecule has 1 fully saturated rings. The van der Waals surface area contributed by atoms with E-state index in [4.69, 9.17) is 0 Å². The minimum Gasteiger partial charge on any atom is -1.00 e. The third kappa shape index (κ3) is 7.35.